The highest BCUT2D eigenvalue weighted by Gasteiger charge is 2.18. The lowest BCUT2D eigenvalue weighted by atomic mass is 10.2. The lowest BCUT2D eigenvalue weighted by Gasteiger charge is -2.12. The lowest BCUT2D eigenvalue weighted by molar-refractivity contribution is -0.113. The summed E-state index contributed by atoms with van der Waals surface area (Å²) in [5.41, 5.74) is 2.86. The molecule has 1 amide bonds. The van der Waals surface area contributed by atoms with Crippen LogP contribution >= 0.6 is 23.4 Å². The highest BCUT2D eigenvalue weighted by molar-refractivity contribution is 7.99. The molecule has 3 heterocycles. The van der Waals surface area contributed by atoms with E-state index in [0.717, 1.165) is 16.8 Å². The molecule has 4 rings (SSSR count). The Hall–Kier alpha value is -3.23. The van der Waals surface area contributed by atoms with E-state index in [1.54, 1.807) is 24.5 Å². The van der Waals surface area contributed by atoms with Crippen LogP contribution in [0.3, 0.4) is 0 Å². The highest BCUT2D eigenvalue weighted by atomic mass is 35.5. The summed E-state index contributed by atoms with van der Waals surface area (Å²) in [5, 5.41) is 12.6. The van der Waals surface area contributed by atoms with Crippen molar-refractivity contribution in [2.24, 2.45) is 0 Å². The maximum absolute atomic E-state index is 12.4. The van der Waals surface area contributed by atoms with Crippen LogP contribution in [-0.4, -0.2) is 36.4 Å². The van der Waals surface area contributed by atoms with Gasteiger partial charge in [0.15, 0.2) is 11.0 Å². The third-order valence-electron chi connectivity index (χ3n) is 4.24. The van der Waals surface area contributed by atoms with Crippen molar-refractivity contribution in [1.29, 1.82) is 0 Å². The highest BCUT2D eigenvalue weighted by Crippen LogP contribution is 2.29. The van der Waals surface area contributed by atoms with Gasteiger partial charge in [-0.05, 0) is 42.8 Å². The second-order valence-corrected chi connectivity index (χ2v) is 7.75. The standard InChI is InChI=1S/C21H17ClN6OS/c1-14-5-2-3-7-17(14)28-20(15-6-4-10-23-11-15)26-27-21(28)30-13-19(29)25-18-9-8-16(22)12-24-18/h2-12H,13H2,1H3,(H,24,25,29). The summed E-state index contributed by atoms with van der Waals surface area (Å²) < 4.78 is 1.95. The molecule has 30 heavy (non-hydrogen) atoms. The summed E-state index contributed by atoms with van der Waals surface area (Å²) >= 11 is 7.13. The molecule has 0 fully saturated rings. The van der Waals surface area contributed by atoms with Gasteiger partial charge in [0.05, 0.1) is 16.5 Å². The molecule has 1 aromatic carbocycles. The Morgan fingerprint density at radius 1 is 1.10 bits per heavy atom. The number of para-hydroxylation sites is 1. The Balaban J connectivity index is 1.60. The van der Waals surface area contributed by atoms with Crippen LogP contribution < -0.4 is 5.32 Å². The predicted octanol–water partition coefficient (Wildman–Crippen LogP) is 4.42. The van der Waals surface area contributed by atoms with Crippen LogP contribution in [-0.2, 0) is 4.79 Å². The van der Waals surface area contributed by atoms with Crippen LogP contribution in [0.4, 0.5) is 5.82 Å². The van der Waals surface area contributed by atoms with Gasteiger partial charge < -0.3 is 5.32 Å². The molecule has 4 aromatic rings. The number of pyridine rings is 2. The summed E-state index contributed by atoms with van der Waals surface area (Å²) in [4.78, 5) is 20.7. The Morgan fingerprint density at radius 2 is 1.97 bits per heavy atom. The molecule has 1 N–H and O–H groups in total. The van der Waals surface area contributed by atoms with Crippen LogP contribution in [0, 0.1) is 6.92 Å². The lowest BCUT2D eigenvalue weighted by Crippen LogP contribution is -2.15. The van der Waals surface area contributed by atoms with Crippen LogP contribution in [0.5, 0.6) is 0 Å². The molecule has 0 saturated heterocycles. The van der Waals surface area contributed by atoms with E-state index < -0.39 is 0 Å². The number of halogens is 1. The van der Waals surface area contributed by atoms with Gasteiger partial charge in [-0.1, -0.05) is 41.6 Å². The normalized spacial score (nSPS) is 10.7. The number of carbonyl (C=O) groups excluding carboxylic acids is 1. The van der Waals surface area contributed by atoms with Gasteiger partial charge in [-0.15, -0.1) is 10.2 Å². The Bertz CT molecular complexity index is 1160. The van der Waals surface area contributed by atoms with Gasteiger partial charge >= 0.3 is 0 Å². The molecular formula is C21H17ClN6OS. The predicted molar refractivity (Wildman–Crippen MR) is 118 cm³/mol. The molecule has 0 aliphatic carbocycles. The van der Waals surface area contributed by atoms with E-state index in [1.807, 2.05) is 47.9 Å². The van der Waals surface area contributed by atoms with E-state index in [0.29, 0.717) is 21.8 Å². The topological polar surface area (TPSA) is 85.6 Å². The number of hydrogen-bond donors (Lipinski definition) is 1. The van der Waals surface area contributed by atoms with Crippen molar-refractivity contribution >= 4 is 35.1 Å². The van der Waals surface area contributed by atoms with E-state index in [1.165, 1.54) is 18.0 Å². The molecule has 7 nitrogen and oxygen atoms in total. The molecule has 0 spiro atoms. The van der Waals surface area contributed by atoms with Crippen LogP contribution in [0.1, 0.15) is 5.56 Å². The fraction of sp³-hybridized carbons (Fsp3) is 0.0952. The van der Waals surface area contributed by atoms with Crippen LogP contribution in [0.2, 0.25) is 5.02 Å². The molecule has 3 aromatic heterocycles. The third kappa shape index (κ3) is 4.50. The minimum atomic E-state index is -0.197. The smallest absolute Gasteiger partial charge is 0.236 e. The van der Waals surface area contributed by atoms with E-state index in [4.69, 9.17) is 11.6 Å². The van der Waals surface area contributed by atoms with Gasteiger partial charge in [-0.25, -0.2) is 4.98 Å². The Morgan fingerprint density at radius 3 is 2.70 bits per heavy atom. The van der Waals surface area contributed by atoms with Crippen molar-refractivity contribution in [1.82, 2.24) is 24.7 Å². The largest absolute Gasteiger partial charge is 0.310 e. The number of thioether (sulfide) groups is 1. The van der Waals surface area contributed by atoms with Gasteiger partial charge in [-0.2, -0.15) is 0 Å². The number of aromatic nitrogens is 5. The van der Waals surface area contributed by atoms with Gasteiger partial charge in [0, 0.05) is 24.2 Å². The summed E-state index contributed by atoms with van der Waals surface area (Å²) in [7, 11) is 0. The monoisotopic (exact) mass is 436 g/mol. The summed E-state index contributed by atoms with van der Waals surface area (Å²) in [6.45, 7) is 2.02. The first kappa shape index (κ1) is 20.1. The zero-order valence-corrected chi connectivity index (χ0v) is 17.6. The summed E-state index contributed by atoms with van der Waals surface area (Å²) in [6.07, 6.45) is 4.94. The van der Waals surface area contributed by atoms with Crippen molar-refractivity contribution < 1.29 is 4.79 Å². The average Bonchev–Trinajstić information content (AvgIpc) is 3.18. The number of carbonyl (C=O) groups is 1. The Kier molecular flexibility index (Phi) is 6.06. The number of amides is 1. The SMILES string of the molecule is Cc1ccccc1-n1c(SCC(=O)Nc2ccc(Cl)cn2)nnc1-c1cccnc1. The van der Waals surface area contributed by atoms with Crippen molar-refractivity contribution in [3.05, 3.63) is 77.7 Å². The number of hydrogen-bond acceptors (Lipinski definition) is 6. The van der Waals surface area contributed by atoms with Crippen molar-refractivity contribution in [3.63, 3.8) is 0 Å². The molecule has 9 heteroatoms. The zero-order chi connectivity index (χ0) is 20.9. The average molecular weight is 437 g/mol. The first-order valence-corrected chi connectivity index (χ1v) is 10.4. The van der Waals surface area contributed by atoms with E-state index >= 15 is 0 Å². The van der Waals surface area contributed by atoms with Gasteiger partial charge in [0.1, 0.15) is 5.82 Å². The molecule has 0 bridgehead atoms. The second-order valence-electron chi connectivity index (χ2n) is 6.37. The molecule has 0 aliphatic rings. The number of nitrogens with one attached hydrogen (secondary N) is 1. The van der Waals surface area contributed by atoms with Crippen LogP contribution in [0.25, 0.3) is 17.1 Å². The number of benzene rings is 1. The van der Waals surface area contributed by atoms with Gasteiger partial charge in [0.2, 0.25) is 5.91 Å². The number of anilines is 1. The quantitative estimate of drug-likeness (QED) is 0.450. The number of aryl methyl sites for hydroxylation is 1. The summed E-state index contributed by atoms with van der Waals surface area (Å²) in [5.74, 6) is 1.07. The minimum Gasteiger partial charge on any atom is -0.310 e. The molecule has 0 radical (unpaired) electrons. The second kappa shape index (κ2) is 9.06. The third-order valence-corrected chi connectivity index (χ3v) is 5.39. The van der Waals surface area contributed by atoms with E-state index in [-0.39, 0.29) is 11.7 Å². The maximum atomic E-state index is 12.4. The van der Waals surface area contributed by atoms with Gasteiger partial charge in [-0.3, -0.25) is 14.3 Å². The first-order chi connectivity index (χ1) is 14.6. The summed E-state index contributed by atoms with van der Waals surface area (Å²) in [6, 6.07) is 15.1. The molecular weight excluding hydrogens is 420 g/mol. The first-order valence-electron chi connectivity index (χ1n) is 9.08. The van der Waals surface area contributed by atoms with Crippen molar-refractivity contribution in [3.8, 4) is 17.1 Å². The van der Waals surface area contributed by atoms with E-state index in [9.17, 15) is 4.79 Å². The molecule has 0 unspecified atom stereocenters. The molecule has 0 atom stereocenters. The number of nitrogens with zero attached hydrogens (tertiary/aromatic N) is 5. The zero-order valence-electron chi connectivity index (χ0n) is 16.0. The van der Waals surface area contributed by atoms with Crippen molar-refractivity contribution in [2.45, 2.75) is 12.1 Å². The molecule has 0 aliphatic heterocycles. The molecule has 150 valence electrons. The van der Waals surface area contributed by atoms with E-state index in [2.05, 4.69) is 25.5 Å². The Labute approximate surface area is 182 Å². The van der Waals surface area contributed by atoms with Gasteiger partial charge in [0.25, 0.3) is 0 Å². The minimum absolute atomic E-state index is 0.154. The maximum Gasteiger partial charge on any atom is 0.236 e. The number of rotatable bonds is 6. The van der Waals surface area contributed by atoms with Crippen molar-refractivity contribution in [2.75, 3.05) is 11.1 Å². The van der Waals surface area contributed by atoms with Crippen LogP contribution in [0.15, 0.2) is 72.3 Å². The fourth-order valence-electron chi connectivity index (χ4n) is 2.84. The fourth-order valence-corrected chi connectivity index (χ4v) is 3.69. The molecule has 0 saturated carbocycles.